The van der Waals surface area contributed by atoms with E-state index in [9.17, 15) is 26.3 Å². The third-order valence-electron chi connectivity index (χ3n) is 6.40. The fourth-order valence-corrected chi connectivity index (χ4v) is 3.88. The van der Waals surface area contributed by atoms with Crippen molar-refractivity contribution in [3.63, 3.8) is 0 Å². The van der Waals surface area contributed by atoms with Gasteiger partial charge in [-0.15, -0.1) is 0 Å². The molecule has 2 fully saturated rings. The minimum atomic E-state index is -4.65. The number of aromatic nitrogens is 1. The summed E-state index contributed by atoms with van der Waals surface area (Å²) in [5, 5.41) is 0. The van der Waals surface area contributed by atoms with Gasteiger partial charge in [-0.05, 0) is 76.4 Å². The monoisotopic (exact) mass is 423 g/mol. The number of hydrogen-bond acceptors (Lipinski definition) is 3. The lowest BCUT2D eigenvalue weighted by atomic mass is 9.69. The van der Waals surface area contributed by atoms with Crippen LogP contribution in [0.3, 0.4) is 0 Å². The molecule has 1 saturated heterocycles. The van der Waals surface area contributed by atoms with Crippen molar-refractivity contribution in [2.75, 3.05) is 0 Å². The first kappa shape index (κ1) is 22.4. The topological polar surface area (TPSA) is 31.4 Å². The van der Waals surface area contributed by atoms with Crippen LogP contribution in [-0.2, 0) is 15.5 Å². The second-order valence-electron chi connectivity index (χ2n) is 8.87. The van der Waals surface area contributed by atoms with Crippen LogP contribution in [0.25, 0.3) is 0 Å². The maximum atomic E-state index is 13.2. The van der Waals surface area contributed by atoms with E-state index in [1.54, 1.807) is 27.7 Å². The van der Waals surface area contributed by atoms with Gasteiger partial charge in [0.1, 0.15) is 5.69 Å². The Labute approximate surface area is 166 Å². The summed E-state index contributed by atoms with van der Waals surface area (Å²) in [6, 6.07) is 0.910. The van der Waals surface area contributed by atoms with Gasteiger partial charge in [0.25, 0.3) is 0 Å². The Hall–Kier alpha value is -1.29. The van der Waals surface area contributed by atoms with Crippen molar-refractivity contribution in [1.29, 1.82) is 0 Å². The highest BCUT2D eigenvalue weighted by Gasteiger charge is 2.53. The largest absolute Gasteiger partial charge is 0.495 e. The first-order valence-corrected chi connectivity index (χ1v) is 9.61. The van der Waals surface area contributed by atoms with Crippen LogP contribution in [0.1, 0.15) is 70.6 Å². The van der Waals surface area contributed by atoms with E-state index < -0.39 is 42.3 Å². The maximum absolute atomic E-state index is 13.2. The lowest BCUT2D eigenvalue weighted by molar-refractivity contribution is -0.182. The number of rotatable bonds is 2. The second kappa shape index (κ2) is 7.15. The summed E-state index contributed by atoms with van der Waals surface area (Å²) in [6.45, 7) is 7.14. The summed E-state index contributed by atoms with van der Waals surface area (Å²) >= 11 is 0. The van der Waals surface area contributed by atoms with Crippen LogP contribution in [0.4, 0.5) is 26.3 Å². The SMILES string of the molecule is CC1(C)OB(c2cc(C(F)(F)F)ncc2C2CCC(C(F)(F)F)CC2)OC1(C)C. The van der Waals surface area contributed by atoms with Gasteiger partial charge in [0.05, 0.1) is 17.1 Å². The molecule has 3 rings (SSSR count). The molecule has 0 atom stereocenters. The van der Waals surface area contributed by atoms with Gasteiger partial charge < -0.3 is 9.31 Å². The van der Waals surface area contributed by atoms with Gasteiger partial charge in [-0.2, -0.15) is 26.3 Å². The summed E-state index contributed by atoms with van der Waals surface area (Å²) in [5.41, 5.74) is -1.93. The normalized spacial score (nSPS) is 27.3. The van der Waals surface area contributed by atoms with Gasteiger partial charge >= 0.3 is 19.5 Å². The van der Waals surface area contributed by atoms with Gasteiger partial charge in [-0.3, -0.25) is 4.98 Å². The van der Waals surface area contributed by atoms with Gasteiger partial charge in [-0.1, -0.05) is 0 Å². The van der Waals surface area contributed by atoms with Gasteiger partial charge in [0.2, 0.25) is 0 Å². The summed E-state index contributed by atoms with van der Waals surface area (Å²) < 4.78 is 90.5. The first-order valence-electron chi connectivity index (χ1n) is 9.61. The minimum absolute atomic E-state index is 0.0575. The Kier molecular flexibility index (Phi) is 5.52. The molecule has 1 aromatic rings. The predicted molar refractivity (Wildman–Crippen MR) is 95.7 cm³/mol. The van der Waals surface area contributed by atoms with E-state index in [1.165, 1.54) is 0 Å². The van der Waals surface area contributed by atoms with Gasteiger partial charge in [0.15, 0.2) is 0 Å². The zero-order valence-electron chi connectivity index (χ0n) is 16.7. The highest BCUT2D eigenvalue weighted by molar-refractivity contribution is 6.62. The molecule has 162 valence electrons. The molecule has 1 saturated carbocycles. The number of halogens is 6. The third kappa shape index (κ3) is 4.43. The van der Waals surface area contributed by atoms with Crippen LogP contribution < -0.4 is 5.46 Å². The van der Waals surface area contributed by atoms with E-state index in [2.05, 4.69) is 4.98 Å². The van der Waals surface area contributed by atoms with Crippen molar-refractivity contribution >= 4 is 12.6 Å². The lowest BCUT2D eigenvalue weighted by Crippen LogP contribution is -2.41. The van der Waals surface area contributed by atoms with Crippen LogP contribution >= 0.6 is 0 Å². The summed E-state index contributed by atoms with van der Waals surface area (Å²) in [5.74, 6) is -1.70. The van der Waals surface area contributed by atoms with E-state index in [0.29, 0.717) is 5.56 Å². The Morgan fingerprint density at radius 1 is 0.931 bits per heavy atom. The number of pyridine rings is 1. The molecule has 0 aromatic carbocycles. The molecule has 10 heteroatoms. The summed E-state index contributed by atoms with van der Waals surface area (Å²) in [7, 11) is -1.04. The standard InChI is InChI=1S/C19H24BF6NO2/c1-16(2)17(3,4)29-20(28-16)14-9-15(19(24,25)26)27-10-13(14)11-5-7-12(8-6-11)18(21,22)23/h9-12H,5-8H2,1-4H3. The highest BCUT2D eigenvalue weighted by atomic mass is 19.4. The Morgan fingerprint density at radius 3 is 1.90 bits per heavy atom. The van der Waals surface area contributed by atoms with Crippen LogP contribution in [0.5, 0.6) is 0 Å². The first-order chi connectivity index (χ1) is 13.1. The maximum Gasteiger partial charge on any atom is 0.495 e. The third-order valence-corrected chi connectivity index (χ3v) is 6.40. The molecule has 0 spiro atoms. The summed E-state index contributed by atoms with van der Waals surface area (Å²) in [4.78, 5) is 3.54. The Morgan fingerprint density at radius 2 is 1.45 bits per heavy atom. The van der Waals surface area contributed by atoms with Gasteiger partial charge in [-0.25, -0.2) is 0 Å². The lowest BCUT2D eigenvalue weighted by Gasteiger charge is -2.32. The van der Waals surface area contributed by atoms with E-state index in [1.807, 2.05) is 0 Å². The second-order valence-corrected chi connectivity index (χ2v) is 8.87. The molecule has 1 aromatic heterocycles. The molecule has 1 aliphatic heterocycles. The van der Waals surface area contributed by atoms with E-state index >= 15 is 0 Å². The van der Waals surface area contributed by atoms with Crippen molar-refractivity contribution in [3.05, 3.63) is 23.5 Å². The smallest absolute Gasteiger partial charge is 0.399 e. The zero-order valence-corrected chi connectivity index (χ0v) is 16.7. The number of nitrogens with zero attached hydrogens (tertiary/aromatic N) is 1. The van der Waals surface area contributed by atoms with Crippen molar-refractivity contribution in [1.82, 2.24) is 4.98 Å². The zero-order chi connectivity index (χ0) is 21.8. The minimum Gasteiger partial charge on any atom is -0.399 e. The molecule has 0 amide bonds. The molecule has 1 aliphatic carbocycles. The van der Waals surface area contributed by atoms with Crippen LogP contribution in [0.2, 0.25) is 0 Å². The fourth-order valence-electron chi connectivity index (χ4n) is 3.88. The molecule has 0 bridgehead atoms. The number of hydrogen-bond donors (Lipinski definition) is 0. The van der Waals surface area contributed by atoms with Crippen LogP contribution in [-0.4, -0.2) is 29.5 Å². The number of alkyl halides is 6. The average molecular weight is 423 g/mol. The van der Waals surface area contributed by atoms with Crippen molar-refractivity contribution in [2.24, 2.45) is 5.92 Å². The van der Waals surface area contributed by atoms with Crippen molar-refractivity contribution in [3.8, 4) is 0 Å². The van der Waals surface area contributed by atoms with E-state index in [0.717, 1.165) is 12.3 Å². The van der Waals surface area contributed by atoms with Crippen molar-refractivity contribution < 1.29 is 35.7 Å². The average Bonchev–Trinajstić information content (AvgIpc) is 2.80. The molecule has 2 aliphatic rings. The Bertz CT molecular complexity index is 738. The highest BCUT2D eigenvalue weighted by Crippen LogP contribution is 2.44. The molecule has 0 N–H and O–H groups in total. The van der Waals surface area contributed by atoms with E-state index in [4.69, 9.17) is 9.31 Å². The van der Waals surface area contributed by atoms with E-state index in [-0.39, 0.29) is 37.1 Å². The van der Waals surface area contributed by atoms with Crippen molar-refractivity contribution in [2.45, 2.75) is 82.9 Å². The molecule has 29 heavy (non-hydrogen) atoms. The Balaban J connectivity index is 1.94. The molecule has 0 unspecified atom stereocenters. The molecule has 2 heterocycles. The quantitative estimate of drug-likeness (QED) is 0.482. The molecular weight excluding hydrogens is 399 g/mol. The van der Waals surface area contributed by atoms with Crippen LogP contribution in [0.15, 0.2) is 12.3 Å². The predicted octanol–water partition coefficient (Wildman–Crippen LogP) is 5.24. The molecular formula is C19H24BF6NO2. The summed E-state index contributed by atoms with van der Waals surface area (Å²) in [6.07, 6.45) is -7.44. The molecule has 3 nitrogen and oxygen atoms in total. The fraction of sp³-hybridized carbons (Fsp3) is 0.737. The molecule has 0 radical (unpaired) electrons. The van der Waals surface area contributed by atoms with Crippen LogP contribution in [0, 0.1) is 5.92 Å². The van der Waals surface area contributed by atoms with Gasteiger partial charge in [0, 0.05) is 6.20 Å².